The Bertz CT molecular complexity index is 1050. The van der Waals surface area contributed by atoms with Crippen molar-refractivity contribution in [2.45, 2.75) is 6.92 Å². The highest BCUT2D eigenvalue weighted by Crippen LogP contribution is 2.23. The van der Waals surface area contributed by atoms with Crippen molar-refractivity contribution in [1.29, 1.82) is 0 Å². The van der Waals surface area contributed by atoms with Crippen LogP contribution in [0.15, 0.2) is 65.6 Å². The summed E-state index contributed by atoms with van der Waals surface area (Å²) in [7, 11) is 0. The van der Waals surface area contributed by atoms with Gasteiger partial charge in [0.15, 0.2) is 0 Å². The zero-order valence-corrected chi connectivity index (χ0v) is 17.8. The van der Waals surface area contributed by atoms with Crippen molar-refractivity contribution in [3.63, 3.8) is 0 Å². The van der Waals surface area contributed by atoms with Crippen LogP contribution in [0, 0.1) is 6.92 Å². The van der Waals surface area contributed by atoms with E-state index < -0.39 is 0 Å². The number of aryl methyl sites for hydroxylation is 1. The van der Waals surface area contributed by atoms with E-state index in [0.717, 1.165) is 38.5 Å². The maximum absolute atomic E-state index is 12.7. The van der Waals surface area contributed by atoms with Gasteiger partial charge >= 0.3 is 0 Å². The number of piperazine rings is 1. The normalized spacial score (nSPS) is 14.7. The van der Waals surface area contributed by atoms with Gasteiger partial charge in [-0.3, -0.25) is 9.69 Å². The molecule has 2 heterocycles. The van der Waals surface area contributed by atoms with Crippen molar-refractivity contribution < 1.29 is 4.74 Å². The average molecular weight is 425 g/mol. The molecule has 0 atom stereocenters. The van der Waals surface area contributed by atoms with Crippen molar-refractivity contribution >= 4 is 17.3 Å². The molecule has 0 saturated carbocycles. The minimum atomic E-state index is -0.297. The van der Waals surface area contributed by atoms with Gasteiger partial charge in [-0.2, -0.15) is 9.78 Å². The minimum Gasteiger partial charge on any atom is -0.492 e. The van der Waals surface area contributed by atoms with Gasteiger partial charge in [-0.05, 0) is 36.8 Å². The lowest BCUT2D eigenvalue weighted by Gasteiger charge is -2.36. The summed E-state index contributed by atoms with van der Waals surface area (Å²) in [6, 6.07) is 17.4. The number of hydrogen-bond donors (Lipinski definition) is 0. The number of ether oxygens (including phenoxy) is 1. The van der Waals surface area contributed by atoms with Crippen LogP contribution < -0.4 is 15.2 Å². The summed E-state index contributed by atoms with van der Waals surface area (Å²) in [5.41, 5.74) is 2.30. The van der Waals surface area contributed by atoms with Gasteiger partial charge in [0.25, 0.3) is 5.56 Å². The van der Waals surface area contributed by atoms with Gasteiger partial charge in [0.2, 0.25) is 0 Å². The van der Waals surface area contributed by atoms with Crippen LogP contribution in [0.1, 0.15) is 5.56 Å². The van der Waals surface area contributed by atoms with Gasteiger partial charge in [0, 0.05) is 32.7 Å². The summed E-state index contributed by atoms with van der Waals surface area (Å²) >= 11 is 6.43. The fraction of sp³-hybridized carbons (Fsp3) is 0.304. The molecule has 156 valence electrons. The predicted octanol–water partition coefficient (Wildman–Crippen LogP) is 3.40. The summed E-state index contributed by atoms with van der Waals surface area (Å²) in [6.07, 6.45) is 1.69. The van der Waals surface area contributed by atoms with Crippen molar-refractivity contribution in [3.05, 3.63) is 81.7 Å². The van der Waals surface area contributed by atoms with Crippen LogP contribution in [0.5, 0.6) is 5.75 Å². The first kappa shape index (κ1) is 20.4. The summed E-state index contributed by atoms with van der Waals surface area (Å²) in [6.45, 7) is 6.93. The van der Waals surface area contributed by atoms with E-state index in [4.69, 9.17) is 16.3 Å². The molecule has 1 fully saturated rings. The number of anilines is 1. The van der Waals surface area contributed by atoms with E-state index in [1.807, 2.05) is 48.5 Å². The zero-order chi connectivity index (χ0) is 20.9. The van der Waals surface area contributed by atoms with Crippen LogP contribution in [0.4, 0.5) is 5.69 Å². The molecule has 4 rings (SSSR count). The molecule has 1 saturated heterocycles. The molecule has 1 aliphatic heterocycles. The topological polar surface area (TPSA) is 50.6 Å². The molecule has 7 heteroatoms. The molecule has 2 aromatic carbocycles. The van der Waals surface area contributed by atoms with Crippen molar-refractivity contribution in [2.24, 2.45) is 0 Å². The summed E-state index contributed by atoms with van der Waals surface area (Å²) in [5.74, 6) is 0.908. The Morgan fingerprint density at radius 1 is 1.03 bits per heavy atom. The molecule has 0 radical (unpaired) electrons. The number of aromatic nitrogens is 2. The molecule has 0 aliphatic carbocycles. The number of para-hydroxylation sites is 1. The van der Waals surface area contributed by atoms with Gasteiger partial charge in [-0.25, -0.2) is 0 Å². The maximum atomic E-state index is 12.7. The van der Waals surface area contributed by atoms with Gasteiger partial charge in [-0.15, -0.1) is 0 Å². The van der Waals surface area contributed by atoms with Crippen LogP contribution in [0.25, 0.3) is 5.69 Å². The van der Waals surface area contributed by atoms with Gasteiger partial charge in [0.05, 0.1) is 17.6 Å². The van der Waals surface area contributed by atoms with Crippen molar-refractivity contribution in [1.82, 2.24) is 14.7 Å². The lowest BCUT2D eigenvalue weighted by molar-refractivity contribution is 0.200. The fourth-order valence-electron chi connectivity index (χ4n) is 3.61. The molecule has 1 aromatic heterocycles. The molecule has 0 amide bonds. The highest BCUT2D eigenvalue weighted by Gasteiger charge is 2.21. The van der Waals surface area contributed by atoms with Crippen molar-refractivity contribution in [3.8, 4) is 11.4 Å². The van der Waals surface area contributed by atoms with E-state index in [0.29, 0.717) is 18.0 Å². The largest absolute Gasteiger partial charge is 0.492 e. The first-order valence-electron chi connectivity index (χ1n) is 10.1. The molecule has 0 spiro atoms. The third-order valence-electron chi connectivity index (χ3n) is 5.28. The number of nitrogens with zero attached hydrogens (tertiary/aromatic N) is 4. The van der Waals surface area contributed by atoms with E-state index in [9.17, 15) is 4.79 Å². The van der Waals surface area contributed by atoms with Gasteiger partial charge in [0.1, 0.15) is 17.4 Å². The lowest BCUT2D eigenvalue weighted by atomic mass is 10.2. The molecule has 30 heavy (non-hydrogen) atoms. The second kappa shape index (κ2) is 9.32. The Morgan fingerprint density at radius 2 is 1.80 bits per heavy atom. The van der Waals surface area contributed by atoms with Crippen LogP contribution in [0.2, 0.25) is 5.02 Å². The predicted molar refractivity (Wildman–Crippen MR) is 120 cm³/mol. The fourth-order valence-corrected chi connectivity index (χ4v) is 3.86. The van der Waals surface area contributed by atoms with Crippen LogP contribution in [-0.4, -0.2) is 54.0 Å². The standard InChI is InChI=1S/C23H25ClN4O2/c1-18-6-5-9-20(16-18)30-15-14-26-10-12-27(13-11-26)21-17-25-28(23(29)22(21)24)19-7-3-2-4-8-19/h2-9,16-17H,10-15H2,1H3. The molecule has 0 N–H and O–H groups in total. The molecule has 0 unspecified atom stereocenters. The van der Waals surface area contributed by atoms with Crippen molar-refractivity contribution in [2.75, 3.05) is 44.2 Å². The summed E-state index contributed by atoms with van der Waals surface area (Å²) in [4.78, 5) is 17.2. The lowest BCUT2D eigenvalue weighted by Crippen LogP contribution is -2.48. The third-order valence-corrected chi connectivity index (χ3v) is 5.64. The van der Waals surface area contributed by atoms with Crippen LogP contribution >= 0.6 is 11.6 Å². The van der Waals surface area contributed by atoms with Crippen LogP contribution in [-0.2, 0) is 0 Å². The van der Waals surface area contributed by atoms with E-state index in [1.165, 1.54) is 10.2 Å². The second-order valence-corrected chi connectivity index (χ2v) is 7.77. The summed E-state index contributed by atoms with van der Waals surface area (Å²) in [5, 5.41) is 4.55. The summed E-state index contributed by atoms with van der Waals surface area (Å²) < 4.78 is 7.20. The molecular weight excluding hydrogens is 400 g/mol. The Hall–Kier alpha value is -2.83. The smallest absolute Gasteiger partial charge is 0.292 e. The SMILES string of the molecule is Cc1cccc(OCCN2CCN(c3cnn(-c4ccccc4)c(=O)c3Cl)CC2)c1. The van der Waals surface area contributed by atoms with E-state index >= 15 is 0 Å². The highest BCUT2D eigenvalue weighted by atomic mass is 35.5. The Labute approximate surface area is 181 Å². The average Bonchev–Trinajstić information content (AvgIpc) is 2.77. The molecule has 6 nitrogen and oxygen atoms in total. The molecule has 3 aromatic rings. The zero-order valence-electron chi connectivity index (χ0n) is 17.0. The number of rotatable bonds is 6. The van der Waals surface area contributed by atoms with Gasteiger partial charge < -0.3 is 9.64 Å². The number of benzene rings is 2. The molecule has 0 bridgehead atoms. The van der Waals surface area contributed by atoms with Crippen LogP contribution in [0.3, 0.4) is 0 Å². The second-order valence-electron chi connectivity index (χ2n) is 7.39. The first-order valence-corrected chi connectivity index (χ1v) is 10.5. The Kier molecular flexibility index (Phi) is 6.35. The maximum Gasteiger partial charge on any atom is 0.292 e. The van der Waals surface area contributed by atoms with E-state index in [1.54, 1.807) is 6.20 Å². The van der Waals surface area contributed by atoms with E-state index in [2.05, 4.69) is 27.9 Å². The highest BCUT2D eigenvalue weighted by molar-refractivity contribution is 6.33. The molecular formula is C23H25ClN4O2. The minimum absolute atomic E-state index is 0.213. The monoisotopic (exact) mass is 424 g/mol. The Balaban J connectivity index is 1.34. The molecule has 1 aliphatic rings. The first-order chi connectivity index (χ1) is 14.6. The Morgan fingerprint density at radius 3 is 2.53 bits per heavy atom. The quantitative estimate of drug-likeness (QED) is 0.607. The third kappa shape index (κ3) is 4.66. The van der Waals surface area contributed by atoms with E-state index in [-0.39, 0.29) is 10.6 Å². The number of hydrogen-bond acceptors (Lipinski definition) is 5. The number of halogens is 1. The van der Waals surface area contributed by atoms with Gasteiger partial charge in [-0.1, -0.05) is 41.9 Å².